The molecule has 1 atom stereocenters. The summed E-state index contributed by atoms with van der Waals surface area (Å²) in [6.07, 6.45) is 39.0. The fourth-order valence-electron chi connectivity index (χ4n) is 6.85. The average Bonchev–Trinajstić information content (AvgIpc) is 3.17. The zero-order chi connectivity index (χ0) is 40.3. The van der Waals surface area contributed by atoms with Crippen molar-refractivity contribution >= 4 is 23.9 Å². The van der Waals surface area contributed by atoms with Crippen LogP contribution in [0.1, 0.15) is 245 Å². The smallest absolute Gasteiger partial charge is 0.310 e. The summed E-state index contributed by atoms with van der Waals surface area (Å²) in [7, 11) is 0. The highest BCUT2D eigenvalue weighted by atomic mass is 16.6. The molecule has 0 amide bonds. The molecule has 0 bridgehead atoms. The lowest BCUT2D eigenvalue weighted by molar-refractivity contribution is -0.167. The minimum Gasteiger partial charge on any atom is -0.462 e. The van der Waals surface area contributed by atoms with Crippen molar-refractivity contribution in [1.82, 2.24) is 0 Å². The Morgan fingerprint density at radius 2 is 0.636 bits per heavy atom. The van der Waals surface area contributed by atoms with E-state index in [0.29, 0.717) is 25.7 Å². The van der Waals surface area contributed by atoms with Gasteiger partial charge in [-0.3, -0.25) is 19.2 Å². The average molecular weight is 779 g/mol. The zero-order valence-electron chi connectivity index (χ0n) is 36.0. The van der Waals surface area contributed by atoms with Crippen LogP contribution in [0, 0.1) is 0 Å². The van der Waals surface area contributed by atoms with Crippen LogP contribution >= 0.6 is 0 Å². The fourth-order valence-corrected chi connectivity index (χ4v) is 6.85. The van der Waals surface area contributed by atoms with Gasteiger partial charge in [0.15, 0.2) is 6.10 Å². The second kappa shape index (κ2) is 42.8. The Balaban J connectivity index is 4.32. The molecule has 0 aromatic carbocycles. The molecule has 0 N–H and O–H groups in total. The molecule has 0 aromatic rings. The molecule has 1 unspecified atom stereocenters. The first-order chi connectivity index (χ1) is 26.9. The van der Waals surface area contributed by atoms with Crippen molar-refractivity contribution in [1.29, 1.82) is 0 Å². The molecule has 0 spiro atoms. The molecule has 0 saturated heterocycles. The first-order valence-corrected chi connectivity index (χ1v) is 23.2. The van der Waals surface area contributed by atoms with E-state index in [-0.39, 0.29) is 37.1 Å². The third kappa shape index (κ3) is 41.1. The maximum Gasteiger partial charge on any atom is 0.310 e. The normalized spacial score (nSPS) is 11.6. The molecule has 0 saturated carbocycles. The van der Waals surface area contributed by atoms with Crippen LogP contribution in [0.25, 0.3) is 0 Å². The minimum absolute atomic E-state index is 0.0873. The highest BCUT2D eigenvalue weighted by molar-refractivity contribution is 5.71. The molecular formula is C47H86O8. The summed E-state index contributed by atoms with van der Waals surface area (Å²) < 4.78 is 21.4. The molecule has 0 fully saturated rings. The molecule has 55 heavy (non-hydrogen) atoms. The number of hydrogen-bond acceptors (Lipinski definition) is 8. The summed E-state index contributed by atoms with van der Waals surface area (Å²) in [4.78, 5) is 49.0. The van der Waals surface area contributed by atoms with Crippen LogP contribution in [-0.4, -0.2) is 43.2 Å². The molecule has 322 valence electrons. The third-order valence-corrected chi connectivity index (χ3v) is 10.4. The van der Waals surface area contributed by atoms with Crippen molar-refractivity contribution in [2.75, 3.05) is 13.2 Å². The highest BCUT2D eigenvalue weighted by Crippen LogP contribution is 2.16. The SMILES string of the molecule is C=COC(=O)CCCCCCCCCCCCC(=O)OCC(COC(=O)CCCCCCCCCCCCC)OC(=O)CCCCCCCCCCCCC. The van der Waals surface area contributed by atoms with Gasteiger partial charge in [-0.05, 0) is 25.7 Å². The van der Waals surface area contributed by atoms with Crippen LogP contribution in [-0.2, 0) is 38.1 Å². The quantitative estimate of drug-likeness (QED) is 0.0261. The molecule has 0 aliphatic rings. The van der Waals surface area contributed by atoms with Crippen LogP contribution in [0.2, 0.25) is 0 Å². The first kappa shape index (κ1) is 52.6. The number of rotatable bonds is 43. The molecule has 0 aliphatic carbocycles. The van der Waals surface area contributed by atoms with Crippen molar-refractivity contribution in [3.05, 3.63) is 12.8 Å². The van der Waals surface area contributed by atoms with Crippen LogP contribution in [0.15, 0.2) is 12.8 Å². The van der Waals surface area contributed by atoms with E-state index >= 15 is 0 Å². The van der Waals surface area contributed by atoms with E-state index in [1.165, 1.54) is 128 Å². The van der Waals surface area contributed by atoms with Gasteiger partial charge in [-0.1, -0.05) is 200 Å². The van der Waals surface area contributed by atoms with E-state index in [4.69, 9.17) is 18.9 Å². The minimum atomic E-state index is -0.786. The number of ether oxygens (including phenoxy) is 4. The van der Waals surface area contributed by atoms with E-state index in [9.17, 15) is 19.2 Å². The van der Waals surface area contributed by atoms with Crippen molar-refractivity contribution < 1.29 is 38.1 Å². The number of unbranched alkanes of at least 4 members (excludes halogenated alkanes) is 29. The molecule has 0 aliphatic heterocycles. The molecule has 8 heteroatoms. The Morgan fingerprint density at radius 1 is 0.382 bits per heavy atom. The Labute approximate surface area is 338 Å². The van der Waals surface area contributed by atoms with E-state index < -0.39 is 6.10 Å². The van der Waals surface area contributed by atoms with Gasteiger partial charge in [0, 0.05) is 25.7 Å². The van der Waals surface area contributed by atoms with Gasteiger partial charge >= 0.3 is 23.9 Å². The second-order valence-corrected chi connectivity index (χ2v) is 15.7. The summed E-state index contributed by atoms with van der Waals surface area (Å²) in [6.45, 7) is 7.71. The van der Waals surface area contributed by atoms with Gasteiger partial charge < -0.3 is 18.9 Å². The van der Waals surface area contributed by atoms with Gasteiger partial charge in [0.05, 0.1) is 6.26 Å². The lowest BCUT2D eigenvalue weighted by atomic mass is 10.1. The molecule has 0 aromatic heterocycles. The summed E-state index contributed by atoms with van der Waals surface area (Å²) in [5, 5.41) is 0. The maximum absolute atomic E-state index is 12.7. The highest BCUT2D eigenvalue weighted by Gasteiger charge is 2.19. The number of carbonyl (C=O) groups excluding carboxylic acids is 4. The molecule has 0 radical (unpaired) electrons. The predicted molar refractivity (Wildman–Crippen MR) is 226 cm³/mol. The Bertz CT molecular complexity index is 903. The first-order valence-electron chi connectivity index (χ1n) is 23.2. The second-order valence-electron chi connectivity index (χ2n) is 15.7. The van der Waals surface area contributed by atoms with Gasteiger partial charge in [0.2, 0.25) is 0 Å². The topological polar surface area (TPSA) is 105 Å². The third-order valence-electron chi connectivity index (χ3n) is 10.4. The van der Waals surface area contributed by atoms with Gasteiger partial charge in [-0.2, -0.15) is 0 Å². The van der Waals surface area contributed by atoms with E-state index in [2.05, 4.69) is 20.4 Å². The Hall–Kier alpha value is -2.38. The number of hydrogen-bond donors (Lipinski definition) is 0. The van der Waals surface area contributed by atoms with Crippen LogP contribution in [0.5, 0.6) is 0 Å². The summed E-state index contributed by atoms with van der Waals surface area (Å²) in [6, 6.07) is 0. The zero-order valence-corrected chi connectivity index (χ0v) is 36.0. The van der Waals surface area contributed by atoms with Crippen LogP contribution < -0.4 is 0 Å². The number of carbonyl (C=O) groups is 4. The largest absolute Gasteiger partial charge is 0.462 e. The lowest BCUT2D eigenvalue weighted by Crippen LogP contribution is -2.30. The Kier molecular flexibility index (Phi) is 40.9. The van der Waals surface area contributed by atoms with E-state index in [1.807, 2.05) is 0 Å². The van der Waals surface area contributed by atoms with Crippen molar-refractivity contribution in [3.8, 4) is 0 Å². The number of esters is 4. The standard InChI is InChI=1S/C47H86O8/c1-4-7-9-11-13-15-17-21-26-30-34-38-45(49)53-41-43(55-47(51)40-36-32-28-24-18-16-14-12-10-8-5-2)42-54-46(50)39-35-31-27-23-20-19-22-25-29-33-37-44(48)52-6-3/h6,43H,3-5,7-42H2,1-2H3. The monoisotopic (exact) mass is 779 g/mol. The maximum atomic E-state index is 12.7. The summed E-state index contributed by atoms with van der Waals surface area (Å²) in [5.41, 5.74) is 0. The van der Waals surface area contributed by atoms with Crippen molar-refractivity contribution in [3.63, 3.8) is 0 Å². The molecule has 0 heterocycles. The molecule has 0 rings (SSSR count). The van der Waals surface area contributed by atoms with Gasteiger partial charge in [0.1, 0.15) is 13.2 Å². The van der Waals surface area contributed by atoms with Crippen molar-refractivity contribution in [2.24, 2.45) is 0 Å². The molecule has 8 nitrogen and oxygen atoms in total. The van der Waals surface area contributed by atoms with E-state index in [1.54, 1.807) is 0 Å². The summed E-state index contributed by atoms with van der Waals surface area (Å²) >= 11 is 0. The van der Waals surface area contributed by atoms with Crippen LogP contribution in [0.3, 0.4) is 0 Å². The predicted octanol–water partition coefficient (Wildman–Crippen LogP) is 13.8. The van der Waals surface area contributed by atoms with Gasteiger partial charge in [-0.25, -0.2) is 0 Å². The lowest BCUT2D eigenvalue weighted by Gasteiger charge is -2.18. The van der Waals surface area contributed by atoms with Crippen molar-refractivity contribution in [2.45, 2.75) is 251 Å². The van der Waals surface area contributed by atoms with E-state index in [0.717, 1.165) is 83.5 Å². The fraction of sp³-hybridized carbons (Fsp3) is 0.872. The molecular weight excluding hydrogens is 693 g/mol. The van der Waals surface area contributed by atoms with Gasteiger partial charge in [-0.15, -0.1) is 0 Å². The summed E-state index contributed by atoms with van der Waals surface area (Å²) in [5.74, 6) is -1.14. The Morgan fingerprint density at radius 3 is 0.927 bits per heavy atom. The van der Waals surface area contributed by atoms with Crippen LogP contribution in [0.4, 0.5) is 0 Å². The van der Waals surface area contributed by atoms with Gasteiger partial charge in [0.25, 0.3) is 0 Å².